The van der Waals surface area contributed by atoms with E-state index in [1.54, 1.807) is 6.20 Å². The molecule has 2 rings (SSSR count). The zero-order valence-corrected chi connectivity index (χ0v) is 8.58. The lowest BCUT2D eigenvalue weighted by Gasteiger charge is -2.02. The van der Waals surface area contributed by atoms with Gasteiger partial charge >= 0.3 is 0 Å². The van der Waals surface area contributed by atoms with Crippen molar-refractivity contribution < 1.29 is 0 Å². The van der Waals surface area contributed by atoms with Crippen LogP contribution in [-0.4, -0.2) is 9.97 Å². The Balaban J connectivity index is 2.70. The summed E-state index contributed by atoms with van der Waals surface area (Å²) in [6.45, 7) is 2.38. The highest BCUT2D eigenvalue weighted by Crippen LogP contribution is 2.10. The van der Waals surface area contributed by atoms with E-state index in [0.29, 0.717) is 13.0 Å². The molecular weight excluding hydrogens is 190 g/mol. The van der Waals surface area contributed by atoms with E-state index in [-0.39, 0.29) is 5.56 Å². The molecule has 2 aromatic rings. The predicted octanol–water partition coefficient (Wildman–Crippen LogP) is 0.944. The van der Waals surface area contributed by atoms with E-state index in [4.69, 9.17) is 5.73 Å². The Labute approximate surface area is 87.1 Å². The minimum Gasteiger partial charge on any atom is -0.326 e. The molecule has 3 N–H and O–H groups in total. The van der Waals surface area contributed by atoms with Gasteiger partial charge in [0.15, 0.2) is 0 Å². The van der Waals surface area contributed by atoms with E-state index in [1.807, 2.05) is 19.1 Å². The molecule has 4 heteroatoms. The number of fused-ring (bicyclic) bond motifs is 1. The SMILES string of the molecule is CCc1cc2ncc(CN)cc2[nH]c1=O. The number of nitrogens with one attached hydrogen (secondary N) is 1. The molecule has 0 spiro atoms. The van der Waals surface area contributed by atoms with Gasteiger partial charge in [-0.1, -0.05) is 6.92 Å². The third-order valence-corrected chi connectivity index (χ3v) is 2.44. The molecule has 0 amide bonds. The van der Waals surface area contributed by atoms with Crippen molar-refractivity contribution in [3.05, 3.63) is 39.8 Å². The second-order valence-corrected chi connectivity index (χ2v) is 3.46. The zero-order valence-electron chi connectivity index (χ0n) is 8.58. The van der Waals surface area contributed by atoms with Gasteiger partial charge in [-0.25, -0.2) is 0 Å². The highest BCUT2D eigenvalue weighted by atomic mass is 16.1. The highest BCUT2D eigenvalue weighted by molar-refractivity contribution is 5.74. The average Bonchev–Trinajstić information content (AvgIpc) is 2.27. The number of aromatic nitrogens is 2. The number of nitrogens with two attached hydrogens (primary N) is 1. The second-order valence-electron chi connectivity index (χ2n) is 3.46. The van der Waals surface area contributed by atoms with Gasteiger partial charge in [0.2, 0.25) is 0 Å². The lowest BCUT2D eigenvalue weighted by Crippen LogP contribution is -2.12. The quantitative estimate of drug-likeness (QED) is 0.763. The monoisotopic (exact) mass is 203 g/mol. The number of H-pyrrole nitrogens is 1. The normalized spacial score (nSPS) is 10.8. The first-order valence-corrected chi connectivity index (χ1v) is 4.95. The lowest BCUT2D eigenvalue weighted by atomic mass is 10.1. The lowest BCUT2D eigenvalue weighted by molar-refractivity contribution is 1.04. The summed E-state index contributed by atoms with van der Waals surface area (Å²) >= 11 is 0. The van der Waals surface area contributed by atoms with Crippen LogP contribution in [0.4, 0.5) is 0 Å². The van der Waals surface area contributed by atoms with Crippen molar-refractivity contribution in [2.45, 2.75) is 19.9 Å². The van der Waals surface area contributed by atoms with Crippen molar-refractivity contribution in [1.29, 1.82) is 0 Å². The number of aromatic amines is 1. The van der Waals surface area contributed by atoms with E-state index in [9.17, 15) is 4.79 Å². The fourth-order valence-corrected chi connectivity index (χ4v) is 1.54. The van der Waals surface area contributed by atoms with Gasteiger partial charge in [-0.05, 0) is 24.1 Å². The van der Waals surface area contributed by atoms with E-state index >= 15 is 0 Å². The van der Waals surface area contributed by atoms with Crippen molar-refractivity contribution in [2.24, 2.45) is 5.73 Å². The minimum absolute atomic E-state index is 0.0408. The first-order valence-electron chi connectivity index (χ1n) is 4.95. The van der Waals surface area contributed by atoms with Crippen LogP contribution < -0.4 is 11.3 Å². The smallest absolute Gasteiger partial charge is 0.251 e. The van der Waals surface area contributed by atoms with Crippen LogP contribution in [0, 0.1) is 0 Å². The number of aryl methyl sites for hydroxylation is 1. The molecule has 15 heavy (non-hydrogen) atoms. The van der Waals surface area contributed by atoms with Crippen LogP contribution >= 0.6 is 0 Å². The summed E-state index contributed by atoms with van der Waals surface area (Å²) in [5.74, 6) is 0. The van der Waals surface area contributed by atoms with Crippen LogP contribution in [0.15, 0.2) is 23.1 Å². The number of nitrogens with zero attached hydrogens (tertiary/aromatic N) is 1. The van der Waals surface area contributed by atoms with Gasteiger partial charge in [0, 0.05) is 18.3 Å². The average molecular weight is 203 g/mol. The molecule has 4 nitrogen and oxygen atoms in total. The molecule has 0 unspecified atom stereocenters. The Hall–Kier alpha value is -1.68. The fraction of sp³-hybridized carbons (Fsp3) is 0.273. The highest BCUT2D eigenvalue weighted by Gasteiger charge is 2.02. The van der Waals surface area contributed by atoms with Crippen molar-refractivity contribution in [1.82, 2.24) is 9.97 Å². The third kappa shape index (κ3) is 1.76. The summed E-state index contributed by atoms with van der Waals surface area (Å²) in [4.78, 5) is 18.6. The fourth-order valence-electron chi connectivity index (χ4n) is 1.54. The summed E-state index contributed by atoms with van der Waals surface area (Å²) in [5, 5.41) is 0. The second kappa shape index (κ2) is 3.82. The van der Waals surface area contributed by atoms with Gasteiger partial charge in [0.05, 0.1) is 11.0 Å². The van der Waals surface area contributed by atoms with Crippen molar-refractivity contribution in [3.63, 3.8) is 0 Å². The van der Waals surface area contributed by atoms with Crippen LogP contribution in [0.3, 0.4) is 0 Å². The van der Waals surface area contributed by atoms with Crippen LogP contribution in [0.1, 0.15) is 18.1 Å². The van der Waals surface area contributed by atoms with Crippen molar-refractivity contribution in [2.75, 3.05) is 0 Å². The first kappa shape index (κ1) is 9.86. The topological polar surface area (TPSA) is 71.8 Å². The van der Waals surface area contributed by atoms with Gasteiger partial charge in [-0.2, -0.15) is 0 Å². The molecule has 2 aromatic heterocycles. The summed E-state index contributed by atoms with van der Waals surface area (Å²) < 4.78 is 0. The Morgan fingerprint density at radius 2 is 2.27 bits per heavy atom. The van der Waals surface area contributed by atoms with Gasteiger partial charge in [0.1, 0.15) is 0 Å². The van der Waals surface area contributed by atoms with Gasteiger partial charge in [-0.15, -0.1) is 0 Å². The van der Waals surface area contributed by atoms with Crippen LogP contribution in [0.5, 0.6) is 0 Å². The maximum absolute atomic E-state index is 11.5. The molecule has 0 fully saturated rings. The molecular formula is C11H13N3O. The van der Waals surface area contributed by atoms with E-state index in [0.717, 1.165) is 22.2 Å². The molecule has 0 saturated carbocycles. The molecule has 2 heterocycles. The predicted molar refractivity (Wildman–Crippen MR) is 59.6 cm³/mol. The maximum atomic E-state index is 11.5. The molecule has 0 radical (unpaired) electrons. The van der Waals surface area contributed by atoms with Crippen LogP contribution in [0.25, 0.3) is 11.0 Å². The number of rotatable bonds is 2. The molecule has 0 aliphatic heterocycles. The number of pyridine rings is 2. The number of hydrogen-bond donors (Lipinski definition) is 2. The van der Waals surface area contributed by atoms with E-state index < -0.39 is 0 Å². The third-order valence-electron chi connectivity index (χ3n) is 2.44. The first-order chi connectivity index (χ1) is 7.24. The molecule has 0 saturated heterocycles. The van der Waals surface area contributed by atoms with Gasteiger partial charge in [0.25, 0.3) is 5.56 Å². The summed E-state index contributed by atoms with van der Waals surface area (Å²) in [6.07, 6.45) is 2.45. The summed E-state index contributed by atoms with van der Waals surface area (Å²) in [6, 6.07) is 3.69. The minimum atomic E-state index is -0.0408. The maximum Gasteiger partial charge on any atom is 0.251 e. The molecule has 0 aliphatic rings. The van der Waals surface area contributed by atoms with Crippen molar-refractivity contribution in [3.8, 4) is 0 Å². The molecule has 0 aromatic carbocycles. The Kier molecular flexibility index (Phi) is 2.51. The summed E-state index contributed by atoms with van der Waals surface area (Å²) in [7, 11) is 0. The Morgan fingerprint density at radius 1 is 1.47 bits per heavy atom. The van der Waals surface area contributed by atoms with Gasteiger partial charge in [-0.3, -0.25) is 9.78 Å². The molecule has 0 aliphatic carbocycles. The Morgan fingerprint density at radius 3 is 2.93 bits per heavy atom. The molecule has 0 bridgehead atoms. The van der Waals surface area contributed by atoms with E-state index in [1.165, 1.54) is 0 Å². The number of hydrogen-bond acceptors (Lipinski definition) is 3. The molecule has 0 atom stereocenters. The zero-order chi connectivity index (χ0) is 10.8. The van der Waals surface area contributed by atoms with E-state index in [2.05, 4.69) is 9.97 Å². The summed E-state index contributed by atoms with van der Waals surface area (Å²) in [5.41, 5.74) is 8.70. The van der Waals surface area contributed by atoms with Crippen LogP contribution in [0.2, 0.25) is 0 Å². The Bertz CT molecular complexity index is 545. The standard InChI is InChI=1S/C11H13N3O/c1-2-8-4-9-10(14-11(8)15)3-7(5-12)6-13-9/h3-4,6H,2,5,12H2,1H3,(H,14,15). The largest absolute Gasteiger partial charge is 0.326 e. The van der Waals surface area contributed by atoms with Crippen molar-refractivity contribution >= 4 is 11.0 Å². The van der Waals surface area contributed by atoms with Crippen LogP contribution in [-0.2, 0) is 13.0 Å². The van der Waals surface area contributed by atoms with Gasteiger partial charge < -0.3 is 10.7 Å². The molecule has 78 valence electrons.